The quantitative estimate of drug-likeness (QED) is 0.338. The number of aromatic nitrogens is 4. The van der Waals surface area contributed by atoms with Gasteiger partial charge in [-0.25, -0.2) is 9.97 Å². The van der Waals surface area contributed by atoms with Gasteiger partial charge in [-0.2, -0.15) is 4.98 Å². The number of rotatable bonds is 9. The van der Waals surface area contributed by atoms with E-state index in [1.54, 1.807) is 11.3 Å². The molecule has 4 heterocycles. The lowest BCUT2D eigenvalue weighted by atomic mass is 9.93. The predicted octanol–water partition coefficient (Wildman–Crippen LogP) is 6.30. The highest BCUT2D eigenvalue weighted by Gasteiger charge is 2.49. The highest BCUT2D eigenvalue weighted by molar-refractivity contribution is 7.21. The van der Waals surface area contributed by atoms with Crippen LogP contribution >= 0.6 is 11.3 Å². The third kappa shape index (κ3) is 5.05. The molecule has 0 bridgehead atoms. The topological polar surface area (TPSA) is 94.1 Å². The molecule has 2 aliphatic carbocycles. The second-order valence-corrected chi connectivity index (χ2v) is 12.5. The maximum atomic E-state index is 6.50. The maximum Gasteiger partial charge on any atom is 0.225 e. The highest BCUT2D eigenvalue weighted by atomic mass is 32.1. The van der Waals surface area contributed by atoms with Gasteiger partial charge < -0.3 is 20.1 Å². The predicted molar refractivity (Wildman–Crippen MR) is 148 cm³/mol. The van der Waals surface area contributed by atoms with Gasteiger partial charge >= 0.3 is 0 Å². The Morgan fingerprint density at radius 2 is 1.81 bits per heavy atom. The van der Waals surface area contributed by atoms with E-state index in [4.69, 9.17) is 24.4 Å². The first kappa shape index (κ1) is 24.9. The van der Waals surface area contributed by atoms with Crippen molar-refractivity contribution in [2.75, 3.05) is 10.6 Å². The minimum Gasteiger partial charge on any atom is -0.351 e. The van der Waals surface area contributed by atoms with Gasteiger partial charge in [-0.3, -0.25) is 4.98 Å². The Morgan fingerprint density at radius 1 is 1.05 bits per heavy atom. The van der Waals surface area contributed by atoms with Gasteiger partial charge in [0.1, 0.15) is 22.4 Å². The van der Waals surface area contributed by atoms with Crippen LogP contribution in [0.1, 0.15) is 71.2 Å². The second-order valence-electron chi connectivity index (χ2n) is 11.5. The zero-order chi connectivity index (χ0) is 25.9. The van der Waals surface area contributed by atoms with Gasteiger partial charge in [0.15, 0.2) is 12.0 Å². The molecule has 3 fully saturated rings. The van der Waals surface area contributed by atoms with Crippen molar-refractivity contribution in [3.8, 4) is 10.6 Å². The molecule has 9 heteroatoms. The molecule has 2 saturated carbocycles. The first-order valence-corrected chi connectivity index (χ1v) is 14.5. The van der Waals surface area contributed by atoms with Crippen molar-refractivity contribution in [2.45, 2.75) is 97.8 Å². The summed E-state index contributed by atoms with van der Waals surface area (Å²) >= 11 is 1.65. The molecule has 0 unspecified atom stereocenters. The minimum absolute atomic E-state index is 0.0424. The Balaban J connectivity index is 1.40. The molecule has 0 radical (unpaired) electrons. The average molecular weight is 523 g/mol. The van der Waals surface area contributed by atoms with E-state index in [9.17, 15) is 0 Å². The number of anilines is 2. The summed E-state index contributed by atoms with van der Waals surface area (Å²) in [7, 11) is 0. The van der Waals surface area contributed by atoms with Crippen molar-refractivity contribution < 1.29 is 9.47 Å². The number of hydrogen-bond acceptors (Lipinski definition) is 9. The fourth-order valence-corrected chi connectivity index (χ4v) is 6.82. The summed E-state index contributed by atoms with van der Waals surface area (Å²) in [6, 6.07) is 2.36. The Labute approximate surface area is 223 Å². The molecule has 0 aromatic carbocycles. The fourth-order valence-electron chi connectivity index (χ4n) is 5.71. The third-order valence-corrected chi connectivity index (χ3v) is 9.05. The molecule has 3 aliphatic rings. The van der Waals surface area contributed by atoms with Crippen LogP contribution < -0.4 is 10.6 Å². The molecule has 6 rings (SSSR count). The molecular formula is C28H38N6O2S. The second kappa shape index (κ2) is 9.43. The van der Waals surface area contributed by atoms with E-state index < -0.39 is 5.79 Å². The number of hydrogen-bond donors (Lipinski definition) is 2. The largest absolute Gasteiger partial charge is 0.351 e. The SMILES string of the molecule is CC[C@H](C1CC1)[C@H]1OC(C)(C)O[C@H]1Nc1nc(N[C@H](C)C2CC2)nc(C)c1-c1nc2c(C)nccc2s1. The van der Waals surface area contributed by atoms with Crippen LogP contribution in [0.2, 0.25) is 0 Å². The Kier molecular flexibility index (Phi) is 6.36. The summed E-state index contributed by atoms with van der Waals surface area (Å²) in [5.41, 5.74) is 3.65. The molecule has 0 amide bonds. The summed E-state index contributed by atoms with van der Waals surface area (Å²) < 4.78 is 14.1. The van der Waals surface area contributed by atoms with E-state index in [1.807, 2.05) is 40.0 Å². The van der Waals surface area contributed by atoms with Crippen molar-refractivity contribution in [1.82, 2.24) is 19.9 Å². The molecule has 1 saturated heterocycles. The standard InChI is InChI=1S/C28H38N6O2S/c1-7-19(18-10-11-18)23-25(36-28(5,6)35-23)33-24-21(26-32-22-16(4)29-13-12-20(22)37-26)15(3)31-27(34-24)30-14(2)17-8-9-17/h12-14,17-19,23,25H,7-11H2,1-6H3,(H2,30,31,33,34)/t14-,19-,23-,25-/m1/s1. The average Bonchev–Trinajstić information content (AvgIpc) is 3.75. The summed E-state index contributed by atoms with van der Waals surface area (Å²) in [6.45, 7) is 12.5. The van der Waals surface area contributed by atoms with Crippen LogP contribution in [0.3, 0.4) is 0 Å². The number of fused-ring (bicyclic) bond motifs is 1. The van der Waals surface area contributed by atoms with Crippen LogP contribution in [-0.2, 0) is 9.47 Å². The fraction of sp³-hybridized carbons (Fsp3) is 0.643. The Hall–Kier alpha value is -2.36. The van der Waals surface area contributed by atoms with Gasteiger partial charge in [0, 0.05) is 12.2 Å². The molecule has 0 spiro atoms. The van der Waals surface area contributed by atoms with Gasteiger partial charge in [-0.15, -0.1) is 11.3 Å². The Morgan fingerprint density at radius 3 is 2.49 bits per heavy atom. The van der Waals surface area contributed by atoms with Gasteiger partial charge in [0.05, 0.1) is 21.7 Å². The lowest BCUT2D eigenvalue weighted by molar-refractivity contribution is -0.149. The van der Waals surface area contributed by atoms with Gasteiger partial charge in [-0.1, -0.05) is 13.3 Å². The molecule has 2 N–H and O–H groups in total. The number of ether oxygens (including phenoxy) is 2. The van der Waals surface area contributed by atoms with Crippen LogP contribution in [0.15, 0.2) is 12.3 Å². The van der Waals surface area contributed by atoms with Crippen LogP contribution in [-0.4, -0.2) is 44.1 Å². The van der Waals surface area contributed by atoms with Crippen LogP contribution in [0, 0.1) is 31.6 Å². The zero-order valence-electron chi connectivity index (χ0n) is 22.7. The molecular weight excluding hydrogens is 484 g/mol. The van der Waals surface area contributed by atoms with E-state index in [2.05, 4.69) is 29.5 Å². The zero-order valence-corrected chi connectivity index (χ0v) is 23.5. The van der Waals surface area contributed by atoms with E-state index in [-0.39, 0.29) is 12.3 Å². The summed E-state index contributed by atoms with van der Waals surface area (Å²) in [5, 5.41) is 8.12. The number of thiazole rings is 1. The first-order chi connectivity index (χ1) is 17.7. The van der Waals surface area contributed by atoms with Crippen molar-refractivity contribution in [1.29, 1.82) is 0 Å². The number of nitrogens with zero attached hydrogens (tertiary/aromatic N) is 4. The summed E-state index contributed by atoms with van der Waals surface area (Å²) in [5.74, 6) is 2.58. The monoisotopic (exact) mass is 522 g/mol. The summed E-state index contributed by atoms with van der Waals surface area (Å²) in [6.07, 6.45) is 7.63. The maximum absolute atomic E-state index is 6.50. The smallest absolute Gasteiger partial charge is 0.225 e. The first-order valence-electron chi connectivity index (χ1n) is 13.7. The molecule has 8 nitrogen and oxygen atoms in total. The Bertz CT molecular complexity index is 1300. The van der Waals surface area contributed by atoms with Gasteiger partial charge in [0.25, 0.3) is 0 Å². The lowest BCUT2D eigenvalue weighted by Gasteiger charge is -2.27. The summed E-state index contributed by atoms with van der Waals surface area (Å²) in [4.78, 5) is 19.3. The highest BCUT2D eigenvalue weighted by Crippen LogP contribution is 2.46. The van der Waals surface area contributed by atoms with Crippen LogP contribution in [0.4, 0.5) is 11.8 Å². The van der Waals surface area contributed by atoms with Gasteiger partial charge in [0.2, 0.25) is 5.95 Å². The van der Waals surface area contributed by atoms with Crippen molar-refractivity contribution in [3.05, 3.63) is 23.7 Å². The minimum atomic E-state index is -0.660. The molecule has 37 heavy (non-hydrogen) atoms. The van der Waals surface area contributed by atoms with Crippen LogP contribution in [0.5, 0.6) is 0 Å². The third-order valence-electron chi connectivity index (χ3n) is 8.01. The molecule has 4 atom stereocenters. The van der Waals surface area contributed by atoms with E-state index in [0.717, 1.165) is 44.4 Å². The normalized spacial score (nSPS) is 24.8. The number of nitrogens with one attached hydrogen (secondary N) is 2. The van der Waals surface area contributed by atoms with Gasteiger partial charge in [-0.05, 0) is 84.1 Å². The van der Waals surface area contributed by atoms with Crippen molar-refractivity contribution in [2.24, 2.45) is 17.8 Å². The molecule has 3 aromatic heterocycles. The van der Waals surface area contributed by atoms with E-state index >= 15 is 0 Å². The van der Waals surface area contributed by atoms with Crippen LogP contribution in [0.25, 0.3) is 20.8 Å². The lowest BCUT2D eigenvalue weighted by Crippen LogP contribution is -2.37. The van der Waals surface area contributed by atoms with E-state index in [0.29, 0.717) is 29.7 Å². The van der Waals surface area contributed by atoms with Crippen molar-refractivity contribution in [3.63, 3.8) is 0 Å². The molecule has 1 aliphatic heterocycles. The number of aryl methyl sites for hydroxylation is 2. The number of pyridine rings is 1. The van der Waals surface area contributed by atoms with E-state index in [1.165, 1.54) is 25.7 Å². The molecule has 198 valence electrons. The van der Waals surface area contributed by atoms with Crippen molar-refractivity contribution >= 4 is 33.3 Å². The molecule has 3 aromatic rings.